The van der Waals surface area contributed by atoms with Crippen LogP contribution in [0.2, 0.25) is 0 Å². The third-order valence-corrected chi connectivity index (χ3v) is 4.51. The zero-order valence-electron chi connectivity index (χ0n) is 13.8. The first-order chi connectivity index (χ1) is 12.2. The van der Waals surface area contributed by atoms with Crippen LogP contribution in [0, 0.1) is 0 Å². The topological polar surface area (TPSA) is 122 Å². The Hall–Kier alpha value is -2.98. The molecule has 0 fully saturated rings. The zero-order valence-corrected chi connectivity index (χ0v) is 13.8. The van der Waals surface area contributed by atoms with Gasteiger partial charge in [-0.15, -0.1) is 5.10 Å². The van der Waals surface area contributed by atoms with Gasteiger partial charge in [0, 0.05) is 32.5 Å². The van der Waals surface area contributed by atoms with E-state index in [0.717, 1.165) is 11.4 Å². The van der Waals surface area contributed by atoms with Crippen LogP contribution in [0.1, 0.15) is 27.8 Å². The maximum atomic E-state index is 12.7. The van der Waals surface area contributed by atoms with Gasteiger partial charge in [0.25, 0.3) is 5.91 Å². The quantitative estimate of drug-likeness (QED) is 0.718. The van der Waals surface area contributed by atoms with Gasteiger partial charge in [-0.05, 0) is 0 Å². The lowest BCUT2D eigenvalue weighted by Gasteiger charge is -2.24. The number of amides is 2. The van der Waals surface area contributed by atoms with E-state index in [1.165, 1.54) is 7.11 Å². The summed E-state index contributed by atoms with van der Waals surface area (Å²) < 4.78 is 6.44. The highest BCUT2D eigenvalue weighted by atomic mass is 16.5. The summed E-state index contributed by atoms with van der Waals surface area (Å²) in [6.07, 6.45) is 0.834. The van der Waals surface area contributed by atoms with Crippen molar-refractivity contribution in [2.24, 2.45) is 0 Å². The lowest BCUT2D eigenvalue weighted by Crippen LogP contribution is -2.37. The molecule has 0 atom stereocenters. The van der Waals surface area contributed by atoms with Gasteiger partial charge in [0.2, 0.25) is 5.82 Å². The van der Waals surface area contributed by atoms with Crippen LogP contribution in [0.3, 0.4) is 0 Å². The first-order valence-electron chi connectivity index (χ1n) is 8.10. The average Bonchev–Trinajstić information content (AvgIpc) is 3.22. The number of ether oxygens (including phenoxy) is 1. The van der Waals surface area contributed by atoms with Gasteiger partial charge in [-0.1, -0.05) is 0 Å². The lowest BCUT2D eigenvalue weighted by atomic mass is 10.1. The number of nitrogens with one attached hydrogen (secondary N) is 1. The molecule has 4 rings (SSSR count). The second kappa shape index (κ2) is 6.15. The van der Waals surface area contributed by atoms with E-state index < -0.39 is 0 Å². The van der Waals surface area contributed by atoms with E-state index in [1.54, 1.807) is 14.5 Å². The molecule has 0 aromatic carbocycles. The van der Waals surface area contributed by atoms with Crippen LogP contribution in [0.25, 0.3) is 0 Å². The van der Waals surface area contributed by atoms with E-state index >= 15 is 0 Å². The fourth-order valence-electron chi connectivity index (χ4n) is 3.12. The van der Waals surface area contributed by atoms with Crippen LogP contribution in [-0.4, -0.2) is 78.7 Å². The Morgan fingerprint density at radius 3 is 2.68 bits per heavy atom. The number of hydrogen-bond acceptors (Lipinski definition) is 7. The maximum absolute atomic E-state index is 12.7. The molecule has 1 N–H and O–H groups in total. The van der Waals surface area contributed by atoms with Gasteiger partial charge in [0.15, 0.2) is 0 Å². The molecular weight excluding hydrogens is 328 g/mol. The molecule has 2 aromatic heterocycles. The van der Waals surface area contributed by atoms with Crippen molar-refractivity contribution in [2.75, 3.05) is 26.7 Å². The van der Waals surface area contributed by atoms with E-state index in [0.29, 0.717) is 51.4 Å². The Kier molecular flexibility index (Phi) is 3.82. The molecule has 0 saturated heterocycles. The molecule has 0 aliphatic carbocycles. The van der Waals surface area contributed by atoms with Gasteiger partial charge >= 0.3 is 6.09 Å². The minimum Gasteiger partial charge on any atom is -0.453 e. The second-order valence-electron chi connectivity index (χ2n) is 5.98. The van der Waals surface area contributed by atoms with E-state index in [4.69, 9.17) is 4.74 Å². The standard InChI is InChI=1S/C14H18N8O3/c1-25-14(24)20-5-3-11-15-12(18-22(11)7-6-20)13(23)21-4-2-9-10(8-21)17-19-16-9/h2-8H2,1H3,(H,16,17,19). The normalized spacial score (nSPS) is 16.8. The van der Waals surface area contributed by atoms with Crippen molar-refractivity contribution >= 4 is 12.0 Å². The van der Waals surface area contributed by atoms with Crippen molar-refractivity contribution in [1.29, 1.82) is 0 Å². The third-order valence-electron chi connectivity index (χ3n) is 4.51. The number of carbonyl (C=O) groups excluding carboxylic acids is 2. The van der Waals surface area contributed by atoms with Gasteiger partial charge in [-0.2, -0.15) is 15.4 Å². The first kappa shape index (κ1) is 15.5. The molecule has 2 aliphatic rings. The number of hydrogen-bond donors (Lipinski definition) is 1. The van der Waals surface area contributed by atoms with Crippen molar-refractivity contribution in [3.05, 3.63) is 23.0 Å². The molecule has 0 saturated carbocycles. The van der Waals surface area contributed by atoms with Crippen molar-refractivity contribution < 1.29 is 14.3 Å². The summed E-state index contributed by atoms with van der Waals surface area (Å²) in [5, 5.41) is 15.1. The molecule has 2 amide bonds. The summed E-state index contributed by atoms with van der Waals surface area (Å²) in [6.45, 7) is 2.43. The molecule has 2 aromatic rings. The molecule has 25 heavy (non-hydrogen) atoms. The first-order valence-corrected chi connectivity index (χ1v) is 8.10. The highest BCUT2D eigenvalue weighted by Gasteiger charge is 2.29. The van der Waals surface area contributed by atoms with Crippen molar-refractivity contribution in [3.8, 4) is 0 Å². The molecule has 11 heteroatoms. The van der Waals surface area contributed by atoms with Crippen LogP contribution >= 0.6 is 0 Å². The number of aromatic nitrogens is 6. The van der Waals surface area contributed by atoms with Gasteiger partial charge in [0.05, 0.1) is 25.9 Å². The monoisotopic (exact) mass is 346 g/mol. The number of nitrogens with zero attached hydrogens (tertiary/aromatic N) is 7. The van der Waals surface area contributed by atoms with Crippen LogP contribution in [0.15, 0.2) is 0 Å². The van der Waals surface area contributed by atoms with Crippen LogP contribution in [0.5, 0.6) is 0 Å². The average molecular weight is 346 g/mol. The molecule has 0 unspecified atom stereocenters. The number of fused-ring (bicyclic) bond motifs is 2. The summed E-state index contributed by atoms with van der Waals surface area (Å²) in [5.41, 5.74) is 1.69. The smallest absolute Gasteiger partial charge is 0.409 e. The summed E-state index contributed by atoms with van der Waals surface area (Å²) in [7, 11) is 1.36. The Morgan fingerprint density at radius 1 is 1.04 bits per heavy atom. The van der Waals surface area contributed by atoms with E-state index in [9.17, 15) is 9.59 Å². The van der Waals surface area contributed by atoms with Crippen LogP contribution in [0.4, 0.5) is 4.79 Å². The molecule has 2 aliphatic heterocycles. The largest absolute Gasteiger partial charge is 0.453 e. The SMILES string of the molecule is COC(=O)N1CCc2nc(C(=O)N3CCc4n[nH]nc4C3)nn2CC1. The van der Waals surface area contributed by atoms with Crippen LogP contribution in [-0.2, 0) is 30.7 Å². The molecule has 0 radical (unpaired) electrons. The fraction of sp³-hybridized carbons (Fsp3) is 0.571. The van der Waals surface area contributed by atoms with E-state index in [-0.39, 0.29) is 17.8 Å². The Bertz CT molecular complexity index is 787. The minimum absolute atomic E-state index is 0.188. The molecular formula is C14H18N8O3. The van der Waals surface area contributed by atoms with Crippen LogP contribution < -0.4 is 0 Å². The molecule has 132 valence electrons. The number of H-pyrrole nitrogens is 1. The highest BCUT2D eigenvalue weighted by Crippen LogP contribution is 2.16. The Balaban J connectivity index is 1.47. The molecule has 11 nitrogen and oxygen atoms in total. The second-order valence-corrected chi connectivity index (χ2v) is 5.98. The maximum Gasteiger partial charge on any atom is 0.409 e. The van der Waals surface area contributed by atoms with Crippen molar-refractivity contribution in [1.82, 2.24) is 40.0 Å². The lowest BCUT2D eigenvalue weighted by molar-refractivity contribution is 0.0718. The fourth-order valence-corrected chi connectivity index (χ4v) is 3.12. The Morgan fingerprint density at radius 2 is 1.84 bits per heavy atom. The van der Waals surface area contributed by atoms with E-state index in [1.807, 2.05) is 0 Å². The molecule has 0 spiro atoms. The van der Waals surface area contributed by atoms with Crippen molar-refractivity contribution in [2.45, 2.75) is 25.9 Å². The highest BCUT2D eigenvalue weighted by molar-refractivity contribution is 5.90. The van der Waals surface area contributed by atoms with Gasteiger partial charge < -0.3 is 14.5 Å². The Labute approximate surface area is 142 Å². The molecule has 4 heterocycles. The predicted molar refractivity (Wildman–Crippen MR) is 82.5 cm³/mol. The van der Waals surface area contributed by atoms with E-state index in [2.05, 4.69) is 25.5 Å². The number of aromatic amines is 1. The molecule has 0 bridgehead atoms. The zero-order chi connectivity index (χ0) is 17.4. The van der Waals surface area contributed by atoms with Gasteiger partial charge in [0.1, 0.15) is 11.5 Å². The summed E-state index contributed by atoms with van der Waals surface area (Å²) in [5.74, 6) is 0.682. The van der Waals surface area contributed by atoms with Gasteiger partial charge in [-0.3, -0.25) is 4.79 Å². The predicted octanol–water partition coefficient (Wildman–Crippen LogP) is -0.781. The minimum atomic E-state index is -0.362. The summed E-state index contributed by atoms with van der Waals surface area (Å²) >= 11 is 0. The van der Waals surface area contributed by atoms with Gasteiger partial charge in [-0.25, -0.2) is 14.5 Å². The van der Waals surface area contributed by atoms with Crippen molar-refractivity contribution in [3.63, 3.8) is 0 Å². The summed E-state index contributed by atoms with van der Waals surface area (Å²) in [4.78, 5) is 32.0. The number of carbonyl (C=O) groups is 2. The number of rotatable bonds is 1. The number of methoxy groups -OCH3 is 1. The summed E-state index contributed by atoms with van der Waals surface area (Å²) in [6, 6.07) is 0. The third kappa shape index (κ3) is 2.81.